The van der Waals surface area contributed by atoms with Crippen molar-refractivity contribution < 1.29 is 9.47 Å². The molecular formula is C14H21NO2. The third-order valence-electron chi connectivity index (χ3n) is 2.92. The van der Waals surface area contributed by atoms with Crippen molar-refractivity contribution in [1.82, 2.24) is 4.90 Å². The Morgan fingerprint density at radius 1 is 1.29 bits per heavy atom. The molecule has 0 saturated carbocycles. The van der Waals surface area contributed by atoms with E-state index in [1.54, 1.807) is 0 Å². The van der Waals surface area contributed by atoms with E-state index < -0.39 is 0 Å². The van der Waals surface area contributed by atoms with Gasteiger partial charge < -0.3 is 14.4 Å². The first kappa shape index (κ1) is 12.6. The number of rotatable bonds is 4. The number of likely N-dealkylation sites (N-methyl/N-ethyl adjacent to an activating group) is 1. The monoisotopic (exact) mass is 235 g/mol. The van der Waals surface area contributed by atoms with Gasteiger partial charge in [-0.25, -0.2) is 0 Å². The zero-order valence-electron chi connectivity index (χ0n) is 10.6. The van der Waals surface area contributed by atoms with Crippen LogP contribution in [0.15, 0.2) is 30.3 Å². The molecule has 0 aliphatic carbocycles. The summed E-state index contributed by atoms with van der Waals surface area (Å²) in [7, 11) is 2.13. The van der Waals surface area contributed by atoms with Crippen molar-refractivity contribution in [2.75, 3.05) is 26.7 Å². The molecule has 0 spiro atoms. The van der Waals surface area contributed by atoms with Gasteiger partial charge in [-0.15, -0.1) is 0 Å². The van der Waals surface area contributed by atoms with Gasteiger partial charge in [-0.2, -0.15) is 0 Å². The fourth-order valence-electron chi connectivity index (χ4n) is 2.25. The van der Waals surface area contributed by atoms with Crippen LogP contribution in [0.4, 0.5) is 0 Å². The van der Waals surface area contributed by atoms with Crippen LogP contribution in [0, 0.1) is 0 Å². The Balaban J connectivity index is 1.71. The molecular weight excluding hydrogens is 214 g/mol. The van der Waals surface area contributed by atoms with Crippen LogP contribution in [0.1, 0.15) is 12.5 Å². The molecule has 1 aliphatic rings. The first-order chi connectivity index (χ1) is 8.24. The summed E-state index contributed by atoms with van der Waals surface area (Å²) >= 11 is 0. The Morgan fingerprint density at radius 3 is 2.76 bits per heavy atom. The van der Waals surface area contributed by atoms with Crippen molar-refractivity contribution in [1.29, 1.82) is 0 Å². The zero-order chi connectivity index (χ0) is 12.1. The van der Waals surface area contributed by atoms with Crippen molar-refractivity contribution in [2.24, 2.45) is 0 Å². The predicted octanol–water partition coefficient (Wildman–Crippen LogP) is 1.92. The van der Waals surface area contributed by atoms with Gasteiger partial charge in [0.1, 0.15) is 0 Å². The summed E-state index contributed by atoms with van der Waals surface area (Å²) in [6.07, 6.45) is 0.506. The van der Waals surface area contributed by atoms with Crippen LogP contribution in [-0.4, -0.2) is 43.9 Å². The van der Waals surface area contributed by atoms with Gasteiger partial charge in [0.05, 0.1) is 25.4 Å². The molecule has 1 aliphatic heterocycles. The van der Waals surface area contributed by atoms with E-state index in [-0.39, 0.29) is 6.10 Å². The average Bonchev–Trinajstić information content (AvgIpc) is 2.29. The molecule has 1 fully saturated rings. The number of hydrogen-bond acceptors (Lipinski definition) is 3. The third kappa shape index (κ3) is 4.11. The van der Waals surface area contributed by atoms with Gasteiger partial charge >= 0.3 is 0 Å². The highest BCUT2D eigenvalue weighted by Gasteiger charge is 2.22. The number of nitrogens with zero attached hydrogens (tertiary/aromatic N) is 1. The van der Waals surface area contributed by atoms with Crippen molar-refractivity contribution in [3.63, 3.8) is 0 Å². The molecule has 3 nitrogen and oxygen atoms in total. The van der Waals surface area contributed by atoms with E-state index >= 15 is 0 Å². The van der Waals surface area contributed by atoms with Gasteiger partial charge in [-0.05, 0) is 19.5 Å². The van der Waals surface area contributed by atoms with E-state index in [9.17, 15) is 0 Å². The van der Waals surface area contributed by atoms with Crippen LogP contribution in [0.5, 0.6) is 0 Å². The van der Waals surface area contributed by atoms with Crippen molar-refractivity contribution in [2.45, 2.75) is 25.7 Å². The summed E-state index contributed by atoms with van der Waals surface area (Å²) in [5, 5.41) is 0. The SMILES string of the molecule is C[C@@H]1CN(C)C[C@@H](COCc2ccccc2)O1. The minimum Gasteiger partial charge on any atom is -0.374 e. The number of benzene rings is 1. The zero-order valence-corrected chi connectivity index (χ0v) is 10.6. The average molecular weight is 235 g/mol. The van der Waals surface area contributed by atoms with Crippen LogP contribution in [0.3, 0.4) is 0 Å². The molecule has 94 valence electrons. The summed E-state index contributed by atoms with van der Waals surface area (Å²) in [5.41, 5.74) is 1.21. The van der Waals surface area contributed by atoms with Crippen LogP contribution >= 0.6 is 0 Å². The van der Waals surface area contributed by atoms with Gasteiger partial charge in [0, 0.05) is 13.1 Å². The first-order valence-electron chi connectivity index (χ1n) is 6.19. The molecule has 17 heavy (non-hydrogen) atoms. The maximum absolute atomic E-state index is 5.83. The molecule has 0 N–H and O–H groups in total. The molecule has 1 heterocycles. The lowest BCUT2D eigenvalue weighted by atomic mass is 10.2. The molecule has 1 saturated heterocycles. The maximum atomic E-state index is 5.83. The highest BCUT2D eigenvalue weighted by atomic mass is 16.5. The first-order valence-corrected chi connectivity index (χ1v) is 6.19. The summed E-state index contributed by atoms with van der Waals surface area (Å²) in [5.74, 6) is 0. The Kier molecular flexibility index (Phi) is 4.54. The van der Waals surface area contributed by atoms with E-state index in [1.165, 1.54) is 5.56 Å². The smallest absolute Gasteiger partial charge is 0.0939 e. The second kappa shape index (κ2) is 6.15. The van der Waals surface area contributed by atoms with Gasteiger partial charge in [0.15, 0.2) is 0 Å². The van der Waals surface area contributed by atoms with Gasteiger partial charge in [0.25, 0.3) is 0 Å². The van der Waals surface area contributed by atoms with Crippen molar-refractivity contribution in [3.05, 3.63) is 35.9 Å². The molecule has 1 aromatic rings. The van der Waals surface area contributed by atoms with E-state index in [4.69, 9.17) is 9.47 Å². The van der Waals surface area contributed by atoms with Crippen LogP contribution < -0.4 is 0 Å². The van der Waals surface area contributed by atoms with E-state index in [0.29, 0.717) is 19.3 Å². The van der Waals surface area contributed by atoms with Gasteiger partial charge in [-0.1, -0.05) is 30.3 Å². The molecule has 0 aromatic heterocycles. The molecule has 0 radical (unpaired) electrons. The Bertz CT molecular complexity index is 318. The van der Waals surface area contributed by atoms with Crippen LogP contribution in [0.2, 0.25) is 0 Å². The quantitative estimate of drug-likeness (QED) is 0.796. The fourth-order valence-corrected chi connectivity index (χ4v) is 2.25. The van der Waals surface area contributed by atoms with Gasteiger partial charge in [0.2, 0.25) is 0 Å². The minimum absolute atomic E-state index is 0.201. The Hall–Kier alpha value is -0.900. The van der Waals surface area contributed by atoms with Crippen LogP contribution in [-0.2, 0) is 16.1 Å². The highest BCUT2D eigenvalue weighted by Crippen LogP contribution is 2.10. The highest BCUT2D eigenvalue weighted by molar-refractivity contribution is 5.13. The topological polar surface area (TPSA) is 21.7 Å². The molecule has 0 amide bonds. The number of morpholine rings is 1. The molecule has 0 unspecified atom stereocenters. The van der Waals surface area contributed by atoms with E-state index in [0.717, 1.165) is 13.1 Å². The molecule has 1 aromatic carbocycles. The summed E-state index contributed by atoms with van der Waals surface area (Å²) < 4.78 is 11.5. The minimum atomic E-state index is 0.201. The lowest BCUT2D eigenvalue weighted by Crippen LogP contribution is -2.46. The molecule has 3 heteroatoms. The van der Waals surface area contributed by atoms with Crippen LogP contribution in [0.25, 0.3) is 0 Å². The fraction of sp³-hybridized carbons (Fsp3) is 0.571. The lowest BCUT2D eigenvalue weighted by molar-refractivity contribution is -0.103. The summed E-state index contributed by atoms with van der Waals surface area (Å²) in [6, 6.07) is 10.2. The van der Waals surface area contributed by atoms with E-state index in [1.807, 2.05) is 18.2 Å². The second-order valence-corrected chi connectivity index (χ2v) is 4.79. The Morgan fingerprint density at radius 2 is 2.06 bits per heavy atom. The normalized spacial score (nSPS) is 26.0. The molecule has 0 bridgehead atoms. The largest absolute Gasteiger partial charge is 0.374 e. The maximum Gasteiger partial charge on any atom is 0.0939 e. The number of hydrogen-bond donors (Lipinski definition) is 0. The second-order valence-electron chi connectivity index (χ2n) is 4.79. The summed E-state index contributed by atoms with van der Waals surface area (Å²) in [6.45, 7) is 5.41. The number of ether oxygens (including phenoxy) is 2. The predicted molar refractivity (Wildman–Crippen MR) is 67.9 cm³/mol. The van der Waals surface area contributed by atoms with Crippen molar-refractivity contribution >= 4 is 0 Å². The summed E-state index contributed by atoms with van der Waals surface area (Å²) in [4.78, 5) is 2.30. The molecule has 2 rings (SSSR count). The third-order valence-corrected chi connectivity index (χ3v) is 2.92. The standard InChI is InChI=1S/C14H21NO2/c1-12-8-15(2)9-14(17-12)11-16-10-13-6-4-3-5-7-13/h3-7,12,14H,8-11H2,1-2H3/t12-,14+/m1/s1. The Labute approximate surface area is 103 Å². The van der Waals surface area contributed by atoms with E-state index in [2.05, 4.69) is 31.0 Å². The molecule has 2 atom stereocenters. The van der Waals surface area contributed by atoms with Gasteiger partial charge in [-0.3, -0.25) is 0 Å². The lowest BCUT2D eigenvalue weighted by Gasteiger charge is -2.34. The van der Waals surface area contributed by atoms with Crippen molar-refractivity contribution in [3.8, 4) is 0 Å².